The molecule has 0 atom stereocenters. The van der Waals surface area contributed by atoms with E-state index in [-0.39, 0.29) is 24.0 Å². The lowest BCUT2D eigenvalue weighted by molar-refractivity contribution is 0.392. The minimum atomic E-state index is 0. The fourth-order valence-electron chi connectivity index (χ4n) is 2.39. The molecular formula is C16H25ClIN5O. The molecule has 0 aliphatic heterocycles. The van der Waals surface area contributed by atoms with Crippen LogP contribution in [0.15, 0.2) is 21.8 Å². The molecule has 0 saturated carbocycles. The Morgan fingerprint density at radius 1 is 1.46 bits per heavy atom. The fourth-order valence-corrected chi connectivity index (χ4v) is 2.66. The van der Waals surface area contributed by atoms with E-state index >= 15 is 0 Å². The van der Waals surface area contributed by atoms with Gasteiger partial charge in [-0.3, -0.25) is 0 Å². The Morgan fingerprint density at radius 3 is 2.67 bits per heavy atom. The number of hydrogen-bond acceptors (Lipinski definition) is 3. The van der Waals surface area contributed by atoms with Crippen LogP contribution in [0.4, 0.5) is 0 Å². The van der Waals surface area contributed by atoms with Crippen molar-refractivity contribution >= 4 is 41.5 Å². The second kappa shape index (κ2) is 9.31. The molecule has 0 saturated heterocycles. The van der Waals surface area contributed by atoms with Crippen LogP contribution >= 0.6 is 35.6 Å². The normalized spacial score (nSPS) is 11.3. The van der Waals surface area contributed by atoms with Gasteiger partial charge in [-0.2, -0.15) is 0 Å². The number of halogens is 2. The lowest BCUT2D eigenvalue weighted by Gasteiger charge is -2.22. The van der Waals surface area contributed by atoms with Crippen LogP contribution < -0.4 is 5.32 Å². The molecule has 8 heteroatoms. The Kier molecular flexibility index (Phi) is 8.08. The van der Waals surface area contributed by atoms with Gasteiger partial charge in [-0.25, -0.2) is 4.99 Å². The number of hydrogen-bond donors (Lipinski definition) is 1. The highest BCUT2D eigenvalue weighted by Crippen LogP contribution is 2.15. The van der Waals surface area contributed by atoms with Gasteiger partial charge < -0.3 is 19.3 Å². The SMILES string of the molecule is CCNC(=NCc1c(C)noc1C)N(C)Cc1cc(Cl)cn1C.I. The summed E-state index contributed by atoms with van der Waals surface area (Å²) in [6.45, 7) is 7.97. The van der Waals surface area contributed by atoms with E-state index in [1.165, 1.54) is 0 Å². The zero-order valence-electron chi connectivity index (χ0n) is 14.8. The van der Waals surface area contributed by atoms with Gasteiger partial charge in [0.15, 0.2) is 5.96 Å². The van der Waals surface area contributed by atoms with Crippen LogP contribution in [0.3, 0.4) is 0 Å². The van der Waals surface area contributed by atoms with E-state index < -0.39 is 0 Å². The molecule has 2 aromatic rings. The number of aryl methyl sites for hydroxylation is 3. The van der Waals surface area contributed by atoms with Crippen LogP contribution in [-0.4, -0.2) is 34.2 Å². The predicted molar refractivity (Wildman–Crippen MR) is 108 cm³/mol. The van der Waals surface area contributed by atoms with Gasteiger partial charge >= 0.3 is 0 Å². The third kappa shape index (κ3) is 5.14. The maximum Gasteiger partial charge on any atom is 0.194 e. The molecule has 0 aliphatic carbocycles. The van der Waals surface area contributed by atoms with Crippen molar-refractivity contribution in [1.82, 2.24) is 19.9 Å². The van der Waals surface area contributed by atoms with Crippen LogP contribution in [0.5, 0.6) is 0 Å². The summed E-state index contributed by atoms with van der Waals surface area (Å²) in [5.41, 5.74) is 3.05. The molecule has 0 aromatic carbocycles. The molecular weight excluding hydrogens is 441 g/mol. The summed E-state index contributed by atoms with van der Waals surface area (Å²) in [7, 11) is 4.00. The van der Waals surface area contributed by atoms with Crippen molar-refractivity contribution in [2.45, 2.75) is 33.9 Å². The largest absolute Gasteiger partial charge is 0.361 e. The van der Waals surface area contributed by atoms with Gasteiger partial charge in [-0.1, -0.05) is 16.8 Å². The van der Waals surface area contributed by atoms with Crippen molar-refractivity contribution in [2.75, 3.05) is 13.6 Å². The summed E-state index contributed by atoms with van der Waals surface area (Å²) in [5, 5.41) is 8.03. The molecule has 1 N–H and O–H groups in total. The molecule has 24 heavy (non-hydrogen) atoms. The van der Waals surface area contributed by atoms with Crippen LogP contribution in [0.2, 0.25) is 5.02 Å². The Balaban J connectivity index is 0.00000288. The van der Waals surface area contributed by atoms with Crippen molar-refractivity contribution in [2.24, 2.45) is 12.0 Å². The van der Waals surface area contributed by atoms with Gasteiger partial charge in [0.05, 0.1) is 23.8 Å². The molecule has 6 nitrogen and oxygen atoms in total. The average Bonchev–Trinajstić information content (AvgIpc) is 2.97. The van der Waals surface area contributed by atoms with Gasteiger partial charge in [-0.05, 0) is 26.8 Å². The molecule has 0 fully saturated rings. The number of rotatable bonds is 5. The second-order valence-corrected chi connectivity index (χ2v) is 6.03. The number of aromatic nitrogens is 2. The first-order valence-electron chi connectivity index (χ1n) is 7.64. The van der Waals surface area contributed by atoms with Gasteiger partial charge in [0, 0.05) is 38.1 Å². The first-order chi connectivity index (χ1) is 10.9. The zero-order chi connectivity index (χ0) is 17.0. The number of nitrogens with one attached hydrogen (secondary N) is 1. The second-order valence-electron chi connectivity index (χ2n) is 5.59. The molecule has 2 heterocycles. The first-order valence-corrected chi connectivity index (χ1v) is 8.02. The number of aliphatic imine (C=N–C) groups is 1. The first kappa shape index (κ1) is 20.8. The minimum absolute atomic E-state index is 0. The van der Waals surface area contributed by atoms with E-state index in [9.17, 15) is 0 Å². The van der Waals surface area contributed by atoms with Gasteiger partial charge in [0.25, 0.3) is 0 Å². The van der Waals surface area contributed by atoms with E-state index in [0.717, 1.165) is 46.8 Å². The average molecular weight is 466 g/mol. The summed E-state index contributed by atoms with van der Waals surface area (Å²) < 4.78 is 7.22. The predicted octanol–water partition coefficient (Wildman–Crippen LogP) is 3.50. The van der Waals surface area contributed by atoms with E-state index in [1.807, 2.05) is 44.8 Å². The fraction of sp³-hybridized carbons (Fsp3) is 0.500. The number of nitrogens with zero attached hydrogens (tertiary/aromatic N) is 4. The van der Waals surface area contributed by atoms with E-state index in [1.54, 1.807) is 0 Å². The molecule has 0 spiro atoms. The monoisotopic (exact) mass is 465 g/mol. The molecule has 0 bridgehead atoms. The van der Waals surface area contributed by atoms with E-state index in [0.29, 0.717) is 6.54 Å². The maximum absolute atomic E-state index is 6.05. The van der Waals surface area contributed by atoms with Crippen molar-refractivity contribution in [3.05, 3.63) is 40.0 Å². The zero-order valence-corrected chi connectivity index (χ0v) is 17.8. The van der Waals surface area contributed by atoms with Gasteiger partial charge in [0.2, 0.25) is 0 Å². The van der Waals surface area contributed by atoms with E-state index in [2.05, 4.69) is 22.3 Å². The molecule has 2 aromatic heterocycles. The van der Waals surface area contributed by atoms with Gasteiger partial charge in [0.1, 0.15) is 5.76 Å². The lowest BCUT2D eigenvalue weighted by atomic mass is 10.2. The van der Waals surface area contributed by atoms with Crippen LogP contribution in [0.1, 0.15) is 29.6 Å². The van der Waals surface area contributed by atoms with Crippen LogP contribution in [0.25, 0.3) is 0 Å². The quantitative estimate of drug-likeness (QED) is 0.417. The third-order valence-corrected chi connectivity index (χ3v) is 3.94. The van der Waals surface area contributed by atoms with Gasteiger partial charge in [-0.15, -0.1) is 24.0 Å². The standard InChI is InChI=1S/C16H24ClN5O.HI/c1-6-18-16(19-8-15-11(2)20-23-12(15)3)22(5)10-14-7-13(17)9-21(14)4;/h7,9H,6,8,10H2,1-5H3,(H,18,19);1H. The molecule has 2 rings (SSSR count). The van der Waals surface area contributed by atoms with Crippen LogP contribution in [0, 0.1) is 13.8 Å². The van der Waals surface area contributed by atoms with Crippen molar-refractivity contribution in [1.29, 1.82) is 0 Å². The highest BCUT2D eigenvalue weighted by Gasteiger charge is 2.12. The summed E-state index contributed by atoms with van der Waals surface area (Å²) >= 11 is 6.05. The lowest BCUT2D eigenvalue weighted by Crippen LogP contribution is -2.38. The van der Waals surface area contributed by atoms with Crippen molar-refractivity contribution in [3.63, 3.8) is 0 Å². The van der Waals surface area contributed by atoms with Crippen LogP contribution in [-0.2, 0) is 20.1 Å². The smallest absolute Gasteiger partial charge is 0.194 e. The van der Waals surface area contributed by atoms with E-state index in [4.69, 9.17) is 21.1 Å². The Bertz CT molecular complexity index is 675. The summed E-state index contributed by atoms with van der Waals surface area (Å²) in [6, 6.07) is 1.97. The number of guanidine groups is 1. The molecule has 0 radical (unpaired) electrons. The van der Waals surface area contributed by atoms with Crippen molar-refractivity contribution < 1.29 is 4.52 Å². The molecule has 0 unspecified atom stereocenters. The minimum Gasteiger partial charge on any atom is -0.361 e. The summed E-state index contributed by atoms with van der Waals surface area (Å²) in [4.78, 5) is 6.78. The topological polar surface area (TPSA) is 58.6 Å². The molecule has 0 aliphatic rings. The Hall–Kier alpha value is -1.22. The maximum atomic E-state index is 6.05. The summed E-state index contributed by atoms with van der Waals surface area (Å²) in [5.74, 6) is 1.66. The Labute approximate surface area is 165 Å². The summed E-state index contributed by atoms with van der Waals surface area (Å²) in [6.07, 6.45) is 1.90. The van der Waals surface area contributed by atoms with Crippen molar-refractivity contribution in [3.8, 4) is 0 Å². The highest BCUT2D eigenvalue weighted by molar-refractivity contribution is 14.0. The molecule has 0 amide bonds. The Morgan fingerprint density at radius 2 is 2.17 bits per heavy atom. The molecule has 134 valence electrons. The third-order valence-electron chi connectivity index (χ3n) is 3.74. The highest BCUT2D eigenvalue weighted by atomic mass is 127.